The average Bonchev–Trinajstić information content (AvgIpc) is 2.96. The molecule has 6 nitrogen and oxygen atoms in total. The van der Waals surface area contributed by atoms with Crippen molar-refractivity contribution in [3.05, 3.63) is 59.8 Å². The van der Waals surface area contributed by atoms with E-state index in [1.807, 2.05) is 0 Å². The molecule has 0 spiro atoms. The van der Waals surface area contributed by atoms with Crippen molar-refractivity contribution in [3.63, 3.8) is 0 Å². The van der Waals surface area contributed by atoms with Gasteiger partial charge in [0, 0.05) is 18.5 Å². The number of carbonyl (C=O) groups is 1. The number of hydrogen-bond acceptors (Lipinski definition) is 4. The van der Waals surface area contributed by atoms with E-state index >= 15 is 0 Å². The minimum atomic E-state index is -3.74. The van der Waals surface area contributed by atoms with E-state index < -0.39 is 10.0 Å². The summed E-state index contributed by atoms with van der Waals surface area (Å²) >= 11 is 6.25. The molecule has 0 bridgehead atoms. The first-order chi connectivity index (χ1) is 12.4. The van der Waals surface area contributed by atoms with Gasteiger partial charge in [0.15, 0.2) is 0 Å². The van der Waals surface area contributed by atoms with Crippen LogP contribution in [0.25, 0.3) is 10.9 Å². The Morgan fingerprint density at radius 2 is 1.92 bits per heavy atom. The fourth-order valence-electron chi connectivity index (χ4n) is 2.53. The molecule has 0 saturated carbocycles. The lowest BCUT2D eigenvalue weighted by Gasteiger charge is -2.09. The van der Waals surface area contributed by atoms with E-state index in [0.717, 1.165) is 0 Å². The third kappa shape index (κ3) is 3.68. The molecule has 1 amide bonds. The highest BCUT2D eigenvalue weighted by molar-refractivity contribution is 7.90. The highest BCUT2D eigenvalue weighted by atomic mass is 35.5. The number of benzene rings is 2. The topological polar surface area (TPSA) is 77.4 Å². The van der Waals surface area contributed by atoms with E-state index in [4.69, 9.17) is 16.3 Å². The van der Waals surface area contributed by atoms with E-state index in [0.29, 0.717) is 34.8 Å². The summed E-state index contributed by atoms with van der Waals surface area (Å²) in [6.45, 7) is 2.11. The predicted molar refractivity (Wildman–Crippen MR) is 100 cm³/mol. The Balaban J connectivity index is 1.91. The Morgan fingerprint density at radius 3 is 2.62 bits per heavy atom. The van der Waals surface area contributed by atoms with Crippen LogP contribution in [0.5, 0.6) is 5.75 Å². The first-order valence-corrected chi connectivity index (χ1v) is 9.70. The van der Waals surface area contributed by atoms with Gasteiger partial charge in [-0.2, -0.15) is 0 Å². The molecule has 136 valence electrons. The summed E-state index contributed by atoms with van der Waals surface area (Å²) in [6, 6.07) is 13.2. The van der Waals surface area contributed by atoms with Crippen molar-refractivity contribution in [1.29, 1.82) is 0 Å². The van der Waals surface area contributed by atoms with E-state index in [1.54, 1.807) is 36.4 Å². The van der Waals surface area contributed by atoms with Crippen LogP contribution in [-0.2, 0) is 14.8 Å². The Kier molecular flexibility index (Phi) is 5.20. The van der Waals surface area contributed by atoms with Gasteiger partial charge >= 0.3 is 0 Å². The zero-order valence-corrected chi connectivity index (χ0v) is 15.5. The van der Waals surface area contributed by atoms with Crippen LogP contribution in [0.1, 0.15) is 6.92 Å². The zero-order chi connectivity index (χ0) is 18.7. The van der Waals surface area contributed by atoms with Gasteiger partial charge < -0.3 is 10.1 Å². The summed E-state index contributed by atoms with van der Waals surface area (Å²) in [7, 11) is -3.74. The average molecular weight is 393 g/mol. The van der Waals surface area contributed by atoms with Crippen LogP contribution < -0.4 is 10.1 Å². The number of aromatic nitrogens is 1. The molecule has 3 aromatic rings. The first kappa shape index (κ1) is 18.3. The number of carbonyl (C=O) groups excluding carboxylic acids is 1. The number of nitrogens with one attached hydrogen (secondary N) is 1. The molecule has 1 aromatic heterocycles. The highest BCUT2D eigenvalue weighted by Crippen LogP contribution is 2.31. The van der Waals surface area contributed by atoms with Crippen molar-refractivity contribution in [1.82, 2.24) is 9.29 Å². The van der Waals surface area contributed by atoms with Crippen molar-refractivity contribution < 1.29 is 17.9 Å². The number of rotatable bonds is 6. The van der Waals surface area contributed by atoms with Gasteiger partial charge in [-0.05, 0) is 30.3 Å². The van der Waals surface area contributed by atoms with Crippen molar-refractivity contribution in [2.45, 2.75) is 11.8 Å². The summed E-state index contributed by atoms with van der Waals surface area (Å²) in [5.74, 6) is 0.412. The molecule has 2 aromatic carbocycles. The summed E-state index contributed by atoms with van der Waals surface area (Å²) < 4.78 is 32.4. The molecular formula is C18H17ClN2O4S. The predicted octanol–water partition coefficient (Wildman–Crippen LogP) is 3.05. The number of nitrogens with zero attached hydrogens (tertiary/aromatic N) is 1. The van der Waals surface area contributed by atoms with Crippen molar-refractivity contribution >= 4 is 38.4 Å². The van der Waals surface area contributed by atoms with Gasteiger partial charge in [0.05, 0.1) is 22.0 Å². The number of ether oxygens (including phenoxy) is 1. The molecule has 0 fully saturated rings. The van der Waals surface area contributed by atoms with E-state index in [-0.39, 0.29) is 10.8 Å². The Bertz CT molecular complexity index is 1050. The minimum Gasteiger partial charge on any atom is -0.492 e. The second kappa shape index (κ2) is 7.39. The van der Waals surface area contributed by atoms with Crippen LogP contribution in [-0.4, -0.2) is 31.4 Å². The minimum absolute atomic E-state index is 0.129. The number of amides is 1. The van der Waals surface area contributed by atoms with Crippen LogP contribution >= 0.6 is 11.6 Å². The quantitative estimate of drug-likeness (QED) is 0.654. The van der Waals surface area contributed by atoms with Crippen LogP contribution in [0, 0.1) is 0 Å². The van der Waals surface area contributed by atoms with E-state index in [2.05, 4.69) is 5.32 Å². The Hall–Kier alpha value is -2.51. The van der Waals surface area contributed by atoms with E-state index in [1.165, 1.54) is 29.2 Å². The third-order valence-corrected chi connectivity index (χ3v) is 5.73. The van der Waals surface area contributed by atoms with Crippen molar-refractivity contribution in [2.24, 2.45) is 0 Å². The Labute approximate surface area is 156 Å². The molecule has 0 aliphatic carbocycles. The lowest BCUT2D eigenvalue weighted by Crippen LogP contribution is -2.25. The van der Waals surface area contributed by atoms with Crippen LogP contribution in [0.3, 0.4) is 0 Å². The molecule has 1 heterocycles. The van der Waals surface area contributed by atoms with Gasteiger partial charge in [0.2, 0.25) is 5.91 Å². The number of fused-ring (bicyclic) bond motifs is 1. The number of hydrogen-bond donors (Lipinski definition) is 1. The number of halogens is 1. The first-order valence-electron chi connectivity index (χ1n) is 7.88. The van der Waals surface area contributed by atoms with Gasteiger partial charge in [-0.3, -0.25) is 4.79 Å². The smallest absolute Gasteiger partial charge is 0.268 e. The lowest BCUT2D eigenvalue weighted by molar-refractivity contribution is -0.119. The summed E-state index contributed by atoms with van der Waals surface area (Å²) in [5, 5.41) is 3.52. The fraction of sp³-hybridized carbons (Fsp3) is 0.167. The SMILES string of the molecule is CC(=O)NCCOc1ccc2c(c1)c(Cl)cn2S(=O)(=O)c1ccccc1. The molecule has 0 atom stereocenters. The highest BCUT2D eigenvalue weighted by Gasteiger charge is 2.20. The fourth-order valence-corrected chi connectivity index (χ4v) is 4.23. The van der Waals surface area contributed by atoms with Gasteiger partial charge in [-0.25, -0.2) is 12.4 Å². The lowest BCUT2D eigenvalue weighted by atomic mass is 10.2. The largest absolute Gasteiger partial charge is 0.492 e. The standard InChI is InChI=1S/C18H17ClN2O4S/c1-13(22)20-9-10-25-14-7-8-18-16(11-14)17(19)12-21(18)26(23,24)15-5-3-2-4-6-15/h2-8,11-12H,9-10H2,1H3,(H,20,22). The Morgan fingerprint density at radius 1 is 1.19 bits per heavy atom. The maximum atomic E-state index is 12.9. The second-order valence-corrected chi connectivity index (χ2v) is 7.82. The summed E-state index contributed by atoms with van der Waals surface area (Å²) in [5.41, 5.74) is 0.466. The van der Waals surface area contributed by atoms with Crippen LogP contribution in [0.4, 0.5) is 0 Å². The molecule has 26 heavy (non-hydrogen) atoms. The molecule has 0 radical (unpaired) electrons. The van der Waals surface area contributed by atoms with Crippen LogP contribution in [0.15, 0.2) is 59.6 Å². The van der Waals surface area contributed by atoms with Gasteiger partial charge in [-0.1, -0.05) is 29.8 Å². The molecule has 0 saturated heterocycles. The normalized spacial score (nSPS) is 11.5. The maximum Gasteiger partial charge on any atom is 0.268 e. The molecular weight excluding hydrogens is 376 g/mol. The monoisotopic (exact) mass is 392 g/mol. The molecule has 0 unspecified atom stereocenters. The third-order valence-electron chi connectivity index (χ3n) is 3.74. The maximum absolute atomic E-state index is 12.9. The summed E-state index contributed by atoms with van der Waals surface area (Å²) in [6.07, 6.45) is 1.38. The summed E-state index contributed by atoms with van der Waals surface area (Å²) in [4.78, 5) is 11.0. The van der Waals surface area contributed by atoms with Gasteiger partial charge in [0.25, 0.3) is 10.0 Å². The van der Waals surface area contributed by atoms with E-state index in [9.17, 15) is 13.2 Å². The molecule has 0 aliphatic rings. The molecule has 1 N–H and O–H groups in total. The molecule has 0 aliphatic heterocycles. The van der Waals surface area contributed by atoms with Crippen molar-refractivity contribution in [2.75, 3.05) is 13.2 Å². The van der Waals surface area contributed by atoms with Gasteiger partial charge in [0.1, 0.15) is 12.4 Å². The zero-order valence-electron chi connectivity index (χ0n) is 14.0. The molecule has 8 heteroatoms. The van der Waals surface area contributed by atoms with Crippen molar-refractivity contribution in [3.8, 4) is 5.75 Å². The molecule has 3 rings (SSSR count). The van der Waals surface area contributed by atoms with Gasteiger partial charge in [-0.15, -0.1) is 0 Å². The second-order valence-electron chi connectivity index (χ2n) is 5.60. The van der Waals surface area contributed by atoms with Crippen LogP contribution in [0.2, 0.25) is 5.02 Å².